The van der Waals surface area contributed by atoms with Crippen molar-refractivity contribution in [3.8, 4) is 11.8 Å². The Balaban J connectivity index is 4.24. The van der Waals surface area contributed by atoms with E-state index in [0.29, 0.717) is 12.6 Å². The lowest BCUT2D eigenvalue weighted by molar-refractivity contribution is -0.144. The van der Waals surface area contributed by atoms with Gasteiger partial charge in [0.1, 0.15) is 0 Å². The number of hydrogen-bond donors (Lipinski definition) is 2. The second-order valence-electron chi connectivity index (χ2n) is 4.44. The topological polar surface area (TPSA) is 50.4 Å². The summed E-state index contributed by atoms with van der Waals surface area (Å²) in [5.74, 6) is 5.77. The summed E-state index contributed by atoms with van der Waals surface area (Å²) in [5, 5.41) is 6.54. The summed E-state index contributed by atoms with van der Waals surface area (Å²) >= 11 is 0. The lowest BCUT2D eigenvalue weighted by Gasteiger charge is -2.18. The lowest BCUT2D eigenvalue weighted by Crippen LogP contribution is -2.29. The van der Waals surface area contributed by atoms with Gasteiger partial charge in [0.15, 0.2) is 6.10 Å². The predicted octanol–water partition coefficient (Wildman–Crippen LogP) is 1.70. The quantitative estimate of drug-likeness (QED) is 0.380. The molecule has 0 aliphatic carbocycles. The summed E-state index contributed by atoms with van der Waals surface area (Å²) in [6, 6.07) is 0.471. The Hall–Kier alpha value is -1.05. The number of carbonyl (C=O) groups is 1. The molecule has 0 aliphatic rings. The second-order valence-corrected chi connectivity index (χ2v) is 4.44. The van der Waals surface area contributed by atoms with Gasteiger partial charge < -0.3 is 15.4 Å². The predicted molar refractivity (Wildman–Crippen MR) is 78.9 cm³/mol. The average molecular weight is 268 g/mol. The van der Waals surface area contributed by atoms with Crippen LogP contribution in [0.2, 0.25) is 0 Å². The first-order chi connectivity index (χ1) is 9.13. The monoisotopic (exact) mass is 268 g/mol. The van der Waals surface area contributed by atoms with Crippen LogP contribution in [0.3, 0.4) is 0 Å². The molecule has 0 aliphatic heterocycles. The van der Waals surface area contributed by atoms with Gasteiger partial charge in [-0.2, -0.15) is 0 Å². The molecule has 0 bridgehead atoms. The first-order valence-electron chi connectivity index (χ1n) is 7.23. The van der Waals surface area contributed by atoms with Crippen LogP contribution in [-0.4, -0.2) is 37.7 Å². The van der Waals surface area contributed by atoms with Crippen LogP contribution in [0, 0.1) is 11.8 Å². The van der Waals surface area contributed by atoms with Crippen molar-refractivity contribution in [1.29, 1.82) is 0 Å². The van der Waals surface area contributed by atoms with E-state index in [2.05, 4.69) is 36.3 Å². The van der Waals surface area contributed by atoms with E-state index in [-0.39, 0.29) is 12.1 Å². The number of hydrogen-bond acceptors (Lipinski definition) is 4. The summed E-state index contributed by atoms with van der Waals surface area (Å²) in [6.45, 7) is 10.2. The van der Waals surface area contributed by atoms with Crippen molar-refractivity contribution in [3.63, 3.8) is 0 Å². The van der Waals surface area contributed by atoms with Gasteiger partial charge in [-0.1, -0.05) is 32.6 Å². The van der Waals surface area contributed by atoms with Gasteiger partial charge in [-0.05, 0) is 32.4 Å². The first kappa shape index (κ1) is 17.9. The van der Waals surface area contributed by atoms with Crippen LogP contribution in [0.15, 0.2) is 0 Å². The normalized spacial score (nSPS) is 13.3. The zero-order valence-electron chi connectivity index (χ0n) is 12.7. The SMILES string of the molecule is CCNCC#C[C@H](CCC(CC)NCC)OC(C)=O. The molecule has 0 saturated carbocycles. The molecule has 4 heteroatoms. The molecule has 0 aromatic heterocycles. The minimum Gasteiger partial charge on any atom is -0.449 e. The van der Waals surface area contributed by atoms with Crippen LogP contribution < -0.4 is 10.6 Å². The van der Waals surface area contributed by atoms with Crippen molar-refractivity contribution in [3.05, 3.63) is 0 Å². The molecule has 4 nitrogen and oxygen atoms in total. The Morgan fingerprint density at radius 3 is 2.47 bits per heavy atom. The van der Waals surface area contributed by atoms with Crippen LogP contribution in [-0.2, 0) is 9.53 Å². The molecule has 0 rings (SSSR count). The van der Waals surface area contributed by atoms with E-state index in [1.807, 2.05) is 6.92 Å². The number of nitrogens with one attached hydrogen (secondary N) is 2. The summed E-state index contributed by atoms with van der Waals surface area (Å²) < 4.78 is 5.24. The molecule has 0 aromatic rings. The van der Waals surface area contributed by atoms with Gasteiger partial charge in [-0.3, -0.25) is 4.79 Å². The van der Waals surface area contributed by atoms with Crippen molar-refractivity contribution < 1.29 is 9.53 Å². The number of esters is 1. The summed E-state index contributed by atoms with van der Waals surface area (Å²) in [4.78, 5) is 11.1. The van der Waals surface area contributed by atoms with E-state index in [1.54, 1.807) is 0 Å². The second kappa shape index (κ2) is 12.0. The number of rotatable bonds is 9. The minimum atomic E-state index is -0.288. The van der Waals surface area contributed by atoms with Gasteiger partial charge in [-0.25, -0.2) is 0 Å². The van der Waals surface area contributed by atoms with Crippen LogP contribution >= 0.6 is 0 Å². The summed E-state index contributed by atoms with van der Waals surface area (Å²) in [7, 11) is 0. The highest BCUT2D eigenvalue weighted by molar-refractivity contribution is 5.66. The minimum absolute atomic E-state index is 0.265. The molecule has 2 N–H and O–H groups in total. The molecule has 19 heavy (non-hydrogen) atoms. The zero-order valence-corrected chi connectivity index (χ0v) is 12.7. The van der Waals surface area contributed by atoms with Gasteiger partial charge in [0.2, 0.25) is 0 Å². The standard InChI is InChI=1S/C15H28N2O2/c1-5-14(17-7-3)10-11-15(19-13(4)18)9-8-12-16-6-2/h14-17H,5-7,10-12H2,1-4H3/t14?,15-/m1/s1. The Bertz CT molecular complexity index is 294. The molecule has 0 saturated heterocycles. The van der Waals surface area contributed by atoms with Crippen molar-refractivity contribution in [2.75, 3.05) is 19.6 Å². The van der Waals surface area contributed by atoms with Crippen molar-refractivity contribution in [1.82, 2.24) is 10.6 Å². The van der Waals surface area contributed by atoms with Crippen LogP contribution in [0.5, 0.6) is 0 Å². The zero-order chi connectivity index (χ0) is 14.5. The van der Waals surface area contributed by atoms with E-state index in [0.717, 1.165) is 32.4 Å². The number of carbonyl (C=O) groups excluding carboxylic acids is 1. The maximum absolute atomic E-state index is 11.1. The van der Waals surface area contributed by atoms with Gasteiger partial charge in [0.25, 0.3) is 0 Å². The Labute approximate surface area is 117 Å². The number of ether oxygens (including phenoxy) is 1. The summed E-state index contributed by atoms with van der Waals surface area (Å²) in [6.07, 6.45) is 2.54. The molecule has 110 valence electrons. The molecule has 0 spiro atoms. The third-order valence-corrected chi connectivity index (χ3v) is 2.80. The molecule has 0 amide bonds. The molecule has 0 aromatic carbocycles. The molecule has 1 unspecified atom stereocenters. The van der Waals surface area contributed by atoms with Crippen LogP contribution in [0.25, 0.3) is 0 Å². The molecular formula is C15H28N2O2. The third-order valence-electron chi connectivity index (χ3n) is 2.80. The van der Waals surface area contributed by atoms with E-state index < -0.39 is 0 Å². The third kappa shape index (κ3) is 10.5. The maximum Gasteiger partial charge on any atom is 0.303 e. The Morgan fingerprint density at radius 1 is 1.21 bits per heavy atom. The Kier molecular flexibility index (Phi) is 11.3. The Morgan fingerprint density at radius 2 is 1.95 bits per heavy atom. The molecule has 0 radical (unpaired) electrons. The van der Waals surface area contributed by atoms with Gasteiger partial charge in [0.05, 0.1) is 6.54 Å². The lowest BCUT2D eigenvalue weighted by atomic mass is 10.1. The summed E-state index contributed by atoms with van der Waals surface area (Å²) in [5.41, 5.74) is 0. The van der Waals surface area contributed by atoms with Gasteiger partial charge >= 0.3 is 5.97 Å². The fourth-order valence-corrected chi connectivity index (χ4v) is 1.81. The highest BCUT2D eigenvalue weighted by atomic mass is 16.5. The van der Waals surface area contributed by atoms with Crippen LogP contribution in [0.4, 0.5) is 0 Å². The molecule has 0 fully saturated rings. The highest BCUT2D eigenvalue weighted by Gasteiger charge is 2.12. The van der Waals surface area contributed by atoms with E-state index in [1.165, 1.54) is 6.92 Å². The first-order valence-corrected chi connectivity index (χ1v) is 7.23. The fraction of sp³-hybridized carbons (Fsp3) is 0.800. The molecule has 2 atom stereocenters. The largest absolute Gasteiger partial charge is 0.449 e. The van der Waals surface area contributed by atoms with Gasteiger partial charge in [0, 0.05) is 13.0 Å². The fourth-order valence-electron chi connectivity index (χ4n) is 1.81. The highest BCUT2D eigenvalue weighted by Crippen LogP contribution is 2.07. The smallest absolute Gasteiger partial charge is 0.303 e. The molecule has 0 heterocycles. The van der Waals surface area contributed by atoms with E-state index in [4.69, 9.17) is 4.74 Å². The van der Waals surface area contributed by atoms with Crippen LogP contribution in [0.1, 0.15) is 47.0 Å². The van der Waals surface area contributed by atoms with Crippen molar-refractivity contribution in [2.45, 2.75) is 59.1 Å². The van der Waals surface area contributed by atoms with E-state index >= 15 is 0 Å². The maximum atomic E-state index is 11.1. The van der Waals surface area contributed by atoms with Crippen molar-refractivity contribution in [2.24, 2.45) is 0 Å². The molecular weight excluding hydrogens is 240 g/mol. The average Bonchev–Trinajstić information content (AvgIpc) is 2.38. The van der Waals surface area contributed by atoms with Crippen molar-refractivity contribution >= 4 is 5.97 Å². The van der Waals surface area contributed by atoms with Gasteiger partial charge in [-0.15, -0.1) is 0 Å². The van der Waals surface area contributed by atoms with E-state index in [9.17, 15) is 4.79 Å².